The molecule has 7 heteroatoms. The lowest BCUT2D eigenvalue weighted by Crippen LogP contribution is -2.45. The van der Waals surface area contributed by atoms with Gasteiger partial charge >= 0.3 is 0 Å². The Morgan fingerprint density at radius 2 is 1.83 bits per heavy atom. The number of thiophene rings is 1. The van der Waals surface area contributed by atoms with Crippen molar-refractivity contribution in [1.82, 2.24) is 9.80 Å². The summed E-state index contributed by atoms with van der Waals surface area (Å²) in [7, 11) is 1.59. The molecule has 1 aliphatic rings. The van der Waals surface area contributed by atoms with Gasteiger partial charge in [-0.1, -0.05) is 31.0 Å². The number of methoxy groups -OCH3 is 1. The molecule has 2 amide bonds. The highest BCUT2D eigenvalue weighted by Crippen LogP contribution is 2.26. The molecular formula is C23H29FN2O3S. The second-order valence-electron chi connectivity index (χ2n) is 7.69. The Bertz CT molecular complexity index is 804. The predicted molar refractivity (Wildman–Crippen MR) is 115 cm³/mol. The Balaban J connectivity index is 1.73. The van der Waals surface area contributed by atoms with Crippen LogP contribution in [0.5, 0.6) is 0 Å². The lowest BCUT2D eigenvalue weighted by atomic mass is 10.1. The zero-order valence-corrected chi connectivity index (χ0v) is 18.2. The van der Waals surface area contributed by atoms with E-state index in [9.17, 15) is 14.0 Å². The van der Waals surface area contributed by atoms with Gasteiger partial charge < -0.3 is 14.5 Å². The van der Waals surface area contributed by atoms with Gasteiger partial charge in [0.15, 0.2) is 0 Å². The maximum atomic E-state index is 13.3. The number of hydrogen-bond donors (Lipinski definition) is 0. The van der Waals surface area contributed by atoms with E-state index in [1.54, 1.807) is 40.4 Å². The third-order valence-electron chi connectivity index (χ3n) is 5.47. The van der Waals surface area contributed by atoms with Gasteiger partial charge in [-0.3, -0.25) is 9.59 Å². The van der Waals surface area contributed by atoms with Crippen LogP contribution in [0.15, 0.2) is 41.8 Å². The summed E-state index contributed by atoms with van der Waals surface area (Å²) in [6, 6.07) is 10.1. The average Bonchev–Trinajstić information content (AvgIpc) is 3.46. The molecule has 0 spiro atoms. The fourth-order valence-corrected chi connectivity index (χ4v) is 4.52. The van der Waals surface area contributed by atoms with Crippen LogP contribution in [0.2, 0.25) is 0 Å². The van der Waals surface area contributed by atoms with Crippen LogP contribution in [0.25, 0.3) is 0 Å². The van der Waals surface area contributed by atoms with Crippen LogP contribution in [0.3, 0.4) is 0 Å². The molecule has 0 bridgehead atoms. The number of hydrogen-bond acceptors (Lipinski definition) is 4. The molecule has 0 saturated heterocycles. The molecule has 0 N–H and O–H groups in total. The maximum Gasteiger partial charge on any atom is 0.242 e. The first-order valence-electron chi connectivity index (χ1n) is 10.4. The first kappa shape index (κ1) is 22.4. The van der Waals surface area contributed by atoms with E-state index in [0.717, 1.165) is 36.1 Å². The molecule has 1 heterocycles. The molecular weight excluding hydrogens is 403 g/mol. The first-order valence-corrected chi connectivity index (χ1v) is 11.3. The fraction of sp³-hybridized carbons (Fsp3) is 0.478. The summed E-state index contributed by atoms with van der Waals surface area (Å²) in [6.07, 6.45) is 3.92. The van der Waals surface area contributed by atoms with Crippen molar-refractivity contribution in [1.29, 1.82) is 0 Å². The van der Waals surface area contributed by atoms with Crippen molar-refractivity contribution in [3.63, 3.8) is 0 Å². The number of carbonyl (C=O) groups is 2. The molecule has 0 radical (unpaired) electrons. The molecule has 0 atom stereocenters. The van der Waals surface area contributed by atoms with E-state index in [2.05, 4.69) is 0 Å². The zero-order valence-electron chi connectivity index (χ0n) is 17.4. The number of rotatable bonds is 10. The molecule has 2 aromatic rings. The Morgan fingerprint density at radius 1 is 1.10 bits per heavy atom. The summed E-state index contributed by atoms with van der Waals surface area (Å²) in [5, 5.41) is 1.98. The fourth-order valence-electron chi connectivity index (χ4n) is 3.80. The van der Waals surface area contributed by atoms with E-state index in [4.69, 9.17) is 4.74 Å². The second kappa shape index (κ2) is 11.2. The van der Waals surface area contributed by atoms with Crippen LogP contribution in [-0.2, 0) is 27.4 Å². The van der Waals surface area contributed by atoms with Crippen LogP contribution in [0.4, 0.5) is 4.39 Å². The minimum absolute atomic E-state index is 0.0116. The van der Waals surface area contributed by atoms with E-state index < -0.39 is 0 Å². The number of benzene rings is 1. The maximum absolute atomic E-state index is 13.3. The third kappa shape index (κ3) is 6.37. The number of ether oxygens (including phenoxy) is 1. The van der Waals surface area contributed by atoms with E-state index >= 15 is 0 Å². The van der Waals surface area contributed by atoms with E-state index in [1.165, 1.54) is 12.1 Å². The van der Waals surface area contributed by atoms with Gasteiger partial charge in [0.25, 0.3) is 0 Å². The summed E-state index contributed by atoms with van der Waals surface area (Å²) in [6.45, 7) is 1.66. The van der Waals surface area contributed by atoms with Crippen molar-refractivity contribution in [2.75, 3.05) is 26.8 Å². The molecule has 1 saturated carbocycles. The molecule has 1 aromatic heterocycles. The largest absolute Gasteiger partial charge is 0.383 e. The van der Waals surface area contributed by atoms with Crippen LogP contribution in [0.1, 0.15) is 36.1 Å². The molecule has 0 unspecified atom stereocenters. The van der Waals surface area contributed by atoms with Crippen molar-refractivity contribution in [3.05, 3.63) is 58.0 Å². The molecule has 30 heavy (non-hydrogen) atoms. The minimum atomic E-state index is -0.303. The smallest absolute Gasteiger partial charge is 0.242 e. The van der Waals surface area contributed by atoms with Gasteiger partial charge in [0.1, 0.15) is 5.82 Å². The summed E-state index contributed by atoms with van der Waals surface area (Å²) in [5.74, 6) is -0.355. The molecule has 1 aromatic carbocycles. The Kier molecular flexibility index (Phi) is 8.39. The molecule has 1 aliphatic carbocycles. The minimum Gasteiger partial charge on any atom is -0.383 e. The zero-order chi connectivity index (χ0) is 21.3. The molecule has 162 valence electrons. The number of halogens is 1. The predicted octanol–water partition coefficient (Wildman–Crippen LogP) is 4.08. The lowest BCUT2D eigenvalue weighted by Gasteiger charge is -2.29. The summed E-state index contributed by atoms with van der Waals surface area (Å²) >= 11 is 1.59. The van der Waals surface area contributed by atoms with Gasteiger partial charge in [-0.05, 0) is 42.0 Å². The van der Waals surface area contributed by atoms with Gasteiger partial charge in [-0.2, -0.15) is 0 Å². The first-order chi connectivity index (χ1) is 14.6. The Labute approximate surface area is 181 Å². The molecule has 5 nitrogen and oxygen atoms in total. The second-order valence-corrected chi connectivity index (χ2v) is 8.72. The van der Waals surface area contributed by atoms with Crippen LogP contribution in [0, 0.1) is 11.7 Å². The van der Waals surface area contributed by atoms with E-state index in [-0.39, 0.29) is 30.1 Å². The monoisotopic (exact) mass is 432 g/mol. The highest BCUT2D eigenvalue weighted by molar-refractivity contribution is 7.09. The Hall–Kier alpha value is -2.25. The standard InChI is InChI=1S/C23H29FN2O3S/c1-29-13-12-25(23(28)19-5-2-3-6-19)17-22(27)26(16-21-7-4-14-30-21)15-18-8-10-20(24)11-9-18/h4,7-11,14,19H,2-3,5-6,12-13,15-17H2,1H3. The summed E-state index contributed by atoms with van der Waals surface area (Å²) in [4.78, 5) is 30.7. The average molecular weight is 433 g/mol. The van der Waals surface area contributed by atoms with Crippen LogP contribution < -0.4 is 0 Å². The van der Waals surface area contributed by atoms with Crippen LogP contribution >= 0.6 is 11.3 Å². The van der Waals surface area contributed by atoms with Gasteiger partial charge in [0.05, 0.1) is 19.7 Å². The summed E-state index contributed by atoms with van der Waals surface area (Å²) in [5.41, 5.74) is 0.854. The van der Waals surface area contributed by atoms with Gasteiger partial charge in [-0.15, -0.1) is 11.3 Å². The van der Waals surface area contributed by atoms with Gasteiger partial charge in [0, 0.05) is 31.0 Å². The van der Waals surface area contributed by atoms with Crippen molar-refractivity contribution < 1.29 is 18.7 Å². The van der Waals surface area contributed by atoms with Crippen LogP contribution in [-0.4, -0.2) is 48.4 Å². The number of amides is 2. The highest BCUT2D eigenvalue weighted by Gasteiger charge is 2.29. The number of carbonyl (C=O) groups excluding carboxylic acids is 2. The topological polar surface area (TPSA) is 49.9 Å². The summed E-state index contributed by atoms with van der Waals surface area (Å²) < 4.78 is 18.4. The van der Waals surface area contributed by atoms with E-state index in [1.807, 2.05) is 17.5 Å². The third-order valence-corrected chi connectivity index (χ3v) is 6.33. The van der Waals surface area contributed by atoms with Gasteiger partial charge in [0.2, 0.25) is 11.8 Å². The number of nitrogens with zero attached hydrogens (tertiary/aromatic N) is 2. The van der Waals surface area contributed by atoms with Crippen molar-refractivity contribution in [2.24, 2.45) is 5.92 Å². The normalized spacial score (nSPS) is 14.1. The Morgan fingerprint density at radius 3 is 2.47 bits per heavy atom. The van der Waals surface area contributed by atoms with Gasteiger partial charge in [-0.25, -0.2) is 4.39 Å². The van der Waals surface area contributed by atoms with E-state index in [0.29, 0.717) is 26.2 Å². The quantitative estimate of drug-likeness (QED) is 0.568. The SMILES string of the molecule is COCCN(CC(=O)N(Cc1ccc(F)cc1)Cc1cccs1)C(=O)C1CCCC1. The van der Waals surface area contributed by atoms with Crippen molar-refractivity contribution in [3.8, 4) is 0 Å². The lowest BCUT2D eigenvalue weighted by molar-refractivity contribution is -0.144. The van der Waals surface area contributed by atoms with Crippen molar-refractivity contribution >= 4 is 23.2 Å². The molecule has 1 fully saturated rings. The molecule has 3 rings (SSSR count). The molecule has 0 aliphatic heterocycles. The van der Waals surface area contributed by atoms with Crippen molar-refractivity contribution in [2.45, 2.75) is 38.8 Å². The highest BCUT2D eigenvalue weighted by atomic mass is 32.1.